The normalized spacial score (nSPS) is 12.8. The first-order valence-electron chi connectivity index (χ1n) is 32.4. The average Bonchev–Trinajstić information content (AvgIpc) is 3.43. The molecule has 1 unspecified atom stereocenters. The van der Waals surface area contributed by atoms with Crippen LogP contribution in [0.2, 0.25) is 0 Å². The summed E-state index contributed by atoms with van der Waals surface area (Å²) in [5.74, 6) is -0.891. The van der Waals surface area contributed by atoms with Crippen molar-refractivity contribution in [3.8, 4) is 0 Å². The third-order valence-electron chi connectivity index (χ3n) is 13.8. The van der Waals surface area contributed by atoms with E-state index in [4.69, 9.17) is 14.2 Å². The predicted octanol–water partition coefficient (Wildman–Crippen LogP) is 22.2. The van der Waals surface area contributed by atoms with Crippen molar-refractivity contribution in [3.05, 3.63) is 109 Å². The second kappa shape index (κ2) is 64.6. The first-order chi connectivity index (χ1) is 38.0. The summed E-state index contributed by atoms with van der Waals surface area (Å²) in [7, 11) is 0. The summed E-state index contributed by atoms with van der Waals surface area (Å²) in [6, 6.07) is 0. The van der Waals surface area contributed by atoms with Gasteiger partial charge in [-0.25, -0.2) is 0 Å². The van der Waals surface area contributed by atoms with E-state index in [9.17, 15) is 14.4 Å². The molecule has 0 rings (SSSR count). The highest BCUT2D eigenvalue weighted by molar-refractivity contribution is 5.71. The SMILES string of the molecule is CC/C=C\C/C=C\C/C=C\C/C=C\C/C=C\C/C=C\C/C=C\C/C=C\CCCCCCCCCCC(=O)OCC(COC(=O)CCCCCCCCCC)OC(=O)CCCCCCCCC/C=C\CCCCCCCCC. The van der Waals surface area contributed by atoms with Crippen LogP contribution in [0, 0.1) is 0 Å². The monoisotopic (exact) mass is 1070 g/mol. The second-order valence-corrected chi connectivity index (χ2v) is 21.3. The number of hydrogen-bond donors (Lipinski definition) is 0. The molecule has 1 atom stereocenters. The molecule has 0 aliphatic rings. The van der Waals surface area contributed by atoms with Crippen molar-refractivity contribution in [3.63, 3.8) is 0 Å². The summed E-state index contributed by atoms with van der Waals surface area (Å²) in [5.41, 5.74) is 0. The number of allylic oxidation sites excluding steroid dienone is 18. The zero-order valence-electron chi connectivity index (χ0n) is 50.4. The molecule has 0 aromatic rings. The van der Waals surface area contributed by atoms with Crippen LogP contribution in [-0.2, 0) is 28.6 Å². The maximum Gasteiger partial charge on any atom is 0.306 e. The predicted molar refractivity (Wildman–Crippen MR) is 334 cm³/mol. The molecule has 0 aromatic carbocycles. The van der Waals surface area contributed by atoms with E-state index in [-0.39, 0.29) is 31.1 Å². The highest BCUT2D eigenvalue weighted by Gasteiger charge is 2.19. The summed E-state index contributed by atoms with van der Waals surface area (Å²) in [6.45, 7) is 6.50. The molecule has 0 N–H and O–H groups in total. The number of esters is 3. The summed E-state index contributed by atoms with van der Waals surface area (Å²) < 4.78 is 16.8. The maximum atomic E-state index is 12.9. The van der Waals surface area contributed by atoms with Crippen LogP contribution in [0.1, 0.15) is 303 Å². The van der Waals surface area contributed by atoms with Crippen molar-refractivity contribution in [2.45, 2.75) is 309 Å². The van der Waals surface area contributed by atoms with E-state index in [1.807, 2.05) is 0 Å². The number of unbranched alkanes of at least 4 members (excludes halogenated alkanes) is 29. The lowest BCUT2D eigenvalue weighted by atomic mass is 10.1. The Labute approximate surface area is 476 Å². The summed E-state index contributed by atoms with van der Waals surface area (Å²) in [6.07, 6.45) is 88.3. The van der Waals surface area contributed by atoms with Gasteiger partial charge >= 0.3 is 17.9 Å². The molecule has 0 aliphatic heterocycles. The number of rotatable bonds is 58. The van der Waals surface area contributed by atoms with Gasteiger partial charge in [-0.2, -0.15) is 0 Å². The Morgan fingerprint density at radius 2 is 0.506 bits per heavy atom. The zero-order valence-corrected chi connectivity index (χ0v) is 50.4. The molecule has 6 heteroatoms. The molecule has 0 amide bonds. The van der Waals surface area contributed by atoms with Gasteiger partial charge in [-0.15, -0.1) is 0 Å². The van der Waals surface area contributed by atoms with Crippen LogP contribution < -0.4 is 0 Å². The molecule has 0 saturated carbocycles. The number of carbonyl (C=O) groups is 3. The van der Waals surface area contributed by atoms with Crippen molar-refractivity contribution >= 4 is 17.9 Å². The fourth-order valence-electron chi connectivity index (χ4n) is 8.92. The second-order valence-electron chi connectivity index (χ2n) is 21.3. The molecule has 0 heterocycles. The Morgan fingerprint density at radius 1 is 0.273 bits per heavy atom. The summed E-state index contributed by atoms with van der Waals surface area (Å²) in [5, 5.41) is 0. The summed E-state index contributed by atoms with van der Waals surface area (Å²) in [4.78, 5) is 38.1. The van der Waals surface area contributed by atoms with Crippen LogP contribution in [-0.4, -0.2) is 37.2 Å². The van der Waals surface area contributed by atoms with E-state index in [0.717, 1.165) is 116 Å². The standard InChI is InChI=1S/C71H120O6/c1-4-7-10-13-16-19-21-23-25-27-29-30-31-32-33-34-35-36-37-38-39-40-41-42-43-45-46-48-50-52-55-58-61-64-70(73)76-67-68(66-75-69(72)63-60-57-54-18-15-12-9-6-3)77-71(74)65-62-59-56-53-51-49-47-44-28-26-24-22-20-17-14-11-8-5-2/h7,10,16,19,23,25-26,28-30,32-33,35-36,38-39,41-42,68H,4-6,8-9,11-15,17-18,20-22,24,27,31,34,37,40,43-67H2,1-3H3/b10-7-,19-16-,25-23-,28-26-,30-29-,33-32-,36-35-,39-38-,42-41-. The van der Waals surface area contributed by atoms with E-state index in [1.165, 1.54) is 148 Å². The number of ether oxygens (including phenoxy) is 3. The fraction of sp³-hybridized carbons (Fsp3) is 0.704. The number of hydrogen-bond acceptors (Lipinski definition) is 6. The molecule has 0 radical (unpaired) electrons. The van der Waals surface area contributed by atoms with Gasteiger partial charge in [0.15, 0.2) is 6.10 Å². The molecule has 0 saturated heterocycles. The maximum absolute atomic E-state index is 12.9. The molecule has 77 heavy (non-hydrogen) atoms. The average molecular weight is 1070 g/mol. The third kappa shape index (κ3) is 62.8. The van der Waals surface area contributed by atoms with E-state index >= 15 is 0 Å². The van der Waals surface area contributed by atoms with Crippen LogP contribution in [0.4, 0.5) is 0 Å². The van der Waals surface area contributed by atoms with E-state index in [0.29, 0.717) is 19.3 Å². The van der Waals surface area contributed by atoms with Gasteiger partial charge in [-0.1, -0.05) is 284 Å². The lowest BCUT2D eigenvalue weighted by molar-refractivity contribution is -0.167. The van der Waals surface area contributed by atoms with Gasteiger partial charge in [0.25, 0.3) is 0 Å². The van der Waals surface area contributed by atoms with Crippen molar-refractivity contribution in [2.75, 3.05) is 13.2 Å². The van der Waals surface area contributed by atoms with Crippen molar-refractivity contribution in [1.82, 2.24) is 0 Å². The fourth-order valence-corrected chi connectivity index (χ4v) is 8.92. The Kier molecular flexibility index (Phi) is 61.3. The highest BCUT2D eigenvalue weighted by Crippen LogP contribution is 2.16. The van der Waals surface area contributed by atoms with Gasteiger partial charge < -0.3 is 14.2 Å². The highest BCUT2D eigenvalue weighted by atomic mass is 16.6. The van der Waals surface area contributed by atoms with E-state index in [1.54, 1.807) is 0 Å². The Balaban J connectivity index is 4.17. The first kappa shape index (κ1) is 73.1. The minimum Gasteiger partial charge on any atom is -0.462 e. The van der Waals surface area contributed by atoms with Gasteiger partial charge in [0.2, 0.25) is 0 Å². The Bertz CT molecular complexity index is 1560. The minimum atomic E-state index is -0.782. The van der Waals surface area contributed by atoms with Crippen LogP contribution in [0.5, 0.6) is 0 Å². The van der Waals surface area contributed by atoms with Gasteiger partial charge in [0.1, 0.15) is 13.2 Å². The molecule has 6 nitrogen and oxygen atoms in total. The zero-order chi connectivity index (χ0) is 55.7. The minimum absolute atomic E-state index is 0.0802. The Morgan fingerprint density at radius 3 is 0.805 bits per heavy atom. The molecule has 0 aromatic heterocycles. The van der Waals surface area contributed by atoms with E-state index < -0.39 is 6.10 Å². The molecule has 0 aliphatic carbocycles. The van der Waals surface area contributed by atoms with Gasteiger partial charge in [-0.3, -0.25) is 14.4 Å². The van der Waals surface area contributed by atoms with Crippen LogP contribution in [0.25, 0.3) is 0 Å². The third-order valence-corrected chi connectivity index (χ3v) is 13.8. The van der Waals surface area contributed by atoms with Crippen molar-refractivity contribution in [1.29, 1.82) is 0 Å². The topological polar surface area (TPSA) is 78.9 Å². The van der Waals surface area contributed by atoms with E-state index in [2.05, 4.69) is 130 Å². The van der Waals surface area contributed by atoms with Gasteiger partial charge in [0, 0.05) is 19.3 Å². The van der Waals surface area contributed by atoms with Gasteiger partial charge in [0.05, 0.1) is 0 Å². The molecular formula is C71H120O6. The Hall–Kier alpha value is -3.93. The van der Waals surface area contributed by atoms with Crippen molar-refractivity contribution in [2.24, 2.45) is 0 Å². The molecular weight excluding hydrogens is 949 g/mol. The lowest BCUT2D eigenvalue weighted by Gasteiger charge is -2.18. The largest absolute Gasteiger partial charge is 0.462 e. The molecule has 0 fully saturated rings. The summed E-state index contributed by atoms with van der Waals surface area (Å²) >= 11 is 0. The van der Waals surface area contributed by atoms with Crippen molar-refractivity contribution < 1.29 is 28.6 Å². The van der Waals surface area contributed by atoms with Gasteiger partial charge in [-0.05, 0) is 109 Å². The quantitative estimate of drug-likeness (QED) is 0.0261. The van der Waals surface area contributed by atoms with Crippen LogP contribution in [0.15, 0.2) is 109 Å². The number of carbonyl (C=O) groups excluding carboxylic acids is 3. The molecule has 0 bridgehead atoms. The van der Waals surface area contributed by atoms with Crippen LogP contribution in [0.3, 0.4) is 0 Å². The first-order valence-corrected chi connectivity index (χ1v) is 32.4. The smallest absolute Gasteiger partial charge is 0.306 e. The lowest BCUT2D eigenvalue weighted by Crippen LogP contribution is -2.30. The molecule has 0 spiro atoms. The van der Waals surface area contributed by atoms with Crippen LogP contribution >= 0.6 is 0 Å². The molecule has 440 valence electrons.